The van der Waals surface area contributed by atoms with E-state index in [9.17, 15) is 0 Å². The van der Waals surface area contributed by atoms with Crippen LogP contribution in [0.3, 0.4) is 0 Å². The van der Waals surface area contributed by atoms with Gasteiger partial charge < -0.3 is 9.15 Å². The van der Waals surface area contributed by atoms with E-state index in [1.807, 2.05) is 43.5 Å². The van der Waals surface area contributed by atoms with Gasteiger partial charge in [-0.15, -0.1) is 0 Å². The van der Waals surface area contributed by atoms with Crippen molar-refractivity contribution in [3.05, 3.63) is 65.8 Å². The molecule has 0 aliphatic carbocycles. The van der Waals surface area contributed by atoms with E-state index in [4.69, 9.17) is 14.1 Å². The van der Waals surface area contributed by atoms with Gasteiger partial charge in [0.1, 0.15) is 11.5 Å². The molecule has 1 atom stereocenters. The van der Waals surface area contributed by atoms with Crippen molar-refractivity contribution < 1.29 is 9.15 Å². The predicted octanol–water partition coefficient (Wildman–Crippen LogP) is 4.39. The van der Waals surface area contributed by atoms with E-state index in [1.165, 1.54) is 6.42 Å². The Kier molecular flexibility index (Phi) is 4.71. The Bertz CT molecular complexity index is 859. The molecule has 1 saturated heterocycles. The molecule has 3 heterocycles. The fourth-order valence-corrected chi connectivity index (χ4v) is 3.55. The number of hydrogen-bond acceptors (Lipinski definition) is 5. The molecular formula is C21H23N3O2. The SMILES string of the molecule is COc1ccc(-c2nc(CN3CCCC3c3ccccn3)c(C)o2)cc1. The summed E-state index contributed by atoms with van der Waals surface area (Å²) >= 11 is 0. The van der Waals surface area contributed by atoms with Gasteiger partial charge >= 0.3 is 0 Å². The Morgan fingerprint density at radius 2 is 2.04 bits per heavy atom. The summed E-state index contributed by atoms with van der Waals surface area (Å²) in [5, 5.41) is 0. The van der Waals surface area contributed by atoms with Gasteiger partial charge in [-0.25, -0.2) is 4.98 Å². The summed E-state index contributed by atoms with van der Waals surface area (Å²) in [5.41, 5.74) is 3.10. The van der Waals surface area contributed by atoms with Gasteiger partial charge in [0.05, 0.1) is 24.5 Å². The van der Waals surface area contributed by atoms with Crippen LogP contribution in [0.4, 0.5) is 0 Å². The van der Waals surface area contributed by atoms with Crippen LogP contribution in [0.5, 0.6) is 5.75 Å². The van der Waals surface area contributed by atoms with Gasteiger partial charge in [-0.2, -0.15) is 0 Å². The fourth-order valence-electron chi connectivity index (χ4n) is 3.55. The van der Waals surface area contributed by atoms with Crippen LogP contribution in [-0.2, 0) is 6.54 Å². The lowest BCUT2D eigenvalue weighted by Crippen LogP contribution is -2.23. The first-order valence-corrected chi connectivity index (χ1v) is 9.00. The molecule has 0 saturated carbocycles. The molecule has 1 unspecified atom stereocenters. The van der Waals surface area contributed by atoms with E-state index in [1.54, 1.807) is 7.11 Å². The molecule has 5 nitrogen and oxygen atoms in total. The number of hydrogen-bond donors (Lipinski definition) is 0. The Labute approximate surface area is 153 Å². The summed E-state index contributed by atoms with van der Waals surface area (Å²) in [7, 11) is 1.66. The standard InChI is InChI=1S/C21H23N3O2/c1-15-19(23-21(26-15)16-8-10-17(25-2)11-9-16)14-24-13-5-7-20(24)18-6-3-4-12-22-18/h3-4,6,8-12,20H,5,7,13-14H2,1-2H3. The maximum absolute atomic E-state index is 5.93. The van der Waals surface area contributed by atoms with Crippen molar-refractivity contribution in [2.45, 2.75) is 32.4 Å². The van der Waals surface area contributed by atoms with Crippen molar-refractivity contribution in [3.63, 3.8) is 0 Å². The maximum Gasteiger partial charge on any atom is 0.226 e. The molecule has 1 fully saturated rings. The van der Waals surface area contributed by atoms with Crippen molar-refractivity contribution in [3.8, 4) is 17.2 Å². The highest BCUT2D eigenvalue weighted by molar-refractivity contribution is 5.55. The molecule has 2 aromatic heterocycles. The molecule has 134 valence electrons. The summed E-state index contributed by atoms with van der Waals surface area (Å²) in [6.45, 7) is 3.83. The first kappa shape index (κ1) is 16.8. The highest BCUT2D eigenvalue weighted by atomic mass is 16.5. The number of aromatic nitrogens is 2. The van der Waals surface area contributed by atoms with E-state index in [2.05, 4.69) is 22.0 Å². The quantitative estimate of drug-likeness (QED) is 0.684. The van der Waals surface area contributed by atoms with Crippen molar-refractivity contribution in [2.75, 3.05) is 13.7 Å². The fraction of sp³-hybridized carbons (Fsp3) is 0.333. The average molecular weight is 349 g/mol. The van der Waals surface area contributed by atoms with E-state index < -0.39 is 0 Å². The summed E-state index contributed by atoms with van der Waals surface area (Å²) < 4.78 is 11.1. The summed E-state index contributed by atoms with van der Waals surface area (Å²) in [5.74, 6) is 2.36. The van der Waals surface area contributed by atoms with Crippen molar-refractivity contribution >= 4 is 0 Å². The Morgan fingerprint density at radius 3 is 2.77 bits per heavy atom. The Hall–Kier alpha value is -2.66. The van der Waals surface area contributed by atoms with Gasteiger partial charge in [-0.3, -0.25) is 9.88 Å². The molecule has 3 aromatic rings. The number of benzene rings is 1. The zero-order valence-corrected chi connectivity index (χ0v) is 15.2. The number of rotatable bonds is 5. The van der Waals surface area contributed by atoms with Crippen molar-refractivity contribution in [1.82, 2.24) is 14.9 Å². The lowest BCUT2D eigenvalue weighted by atomic mass is 10.1. The number of ether oxygens (including phenoxy) is 1. The van der Waals surface area contributed by atoms with Gasteiger partial charge in [0.25, 0.3) is 0 Å². The normalized spacial score (nSPS) is 17.5. The summed E-state index contributed by atoms with van der Waals surface area (Å²) in [4.78, 5) is 11.8. The zero-order chi connectivity index (χ0) is 17.9. The Morgan fingerprint density at radius 1 is 1.19 bits per heavy atom. The van der Waals surface area contributed by atoms with Crippen LogP contribution >= 0.6 is 0 Å². The minimum absolute atomic E-state index is 0.358. The van der Waals surface area contributed by atoms with E-state index in [0.717, 1.165) is 48.0 Å². The van der Waals surface area contributed by atoms with Crippen LogP contribution in [0.1, 0.15) is 36.0 Å². The molecule has 1 aliphatic heterocycles. The van der Waals surface area contributed by atoms with Gasteiger partial charge in [-0.05, 0) is 62.7 Å². The third-order valence-corrected chi connectivity index (χ3v) is 4.98. The lowest BCUT2D eigenvalue weighted by molar-refractivity contribution is 0.240. The predicted molar refractivity (Wildman–Crippen MR) is 99.9 cm³/mol. The number of pyridine rings is 1. The minimum Gasteiger partial charge on any atom is -0.497 e. The van der Waals surface area contributed by atoms with Crippen LogP contribution in [-0.4, -0.2) is 28.5 Å². The molecule has 26 heavy (non-hydrogen) atoms. The zero-order valence-electron chi connectivity index (χ0n) is 15.2. The molecule has 1 aliphatic rings. The number of oxazole rings is 1. The second-order valence-corrected chi connectivity index (χ2v) is 6.63. The van der Waals surface area contributed by atoms with E-state index in [0.29, 0.717) is 11.9 Å². The highest BCUT2D eigenvalue weighted by Crippen LogP contribution is 2.33. The third kappa shape index (κ3) is 3.35. The van der Waals surface area contributed by atoms with Crippen LogP contribution in [0.15, 0.2) is 53.1 Å². The van der Waals surface area contributed by atoms with Crippen molar-refractivity contribution in [2.24, 2.45) is 0 Å². The largest absolute Gasteiger partial charge is 0.497 e. The first-order valence-electron chi connectivity index (χ1n) is 9.00. The Balaban J connectivity index is 1.54. The smallest absolute Gasteiger partial charge is 0.226 e. The third-order valence-electron chi connectivity index (χ3n) is 4.98. The van der Waals surface area contributed by atoms with Gasteiger partial charge in [-0.1, -0.05) is 6.07 Å². The maximum atomic E-state index is 5.93. The molecule has 1 aromatic carbocycles. The minimum atomic E-state index is 0.358. The summed E-state index contributed by atoms with van der Waals surface area (Å²) in [6.07, 6.45) is 4.19. The number of aryl methyl sites for hydroxylation is 1. The molecule has 4 rings (SSSR count). The monoisotopic (exact) mass is 349 g/mol. The first-order chi connectivity index (χ1) is 12.7. The summed E-state index contributed by atoms with van der Waals surface area (Å²) in [6, 6.07) is 14.3. The molecule has 0 radical (unpaired) electrons. The second-order valence-electron chi connectivity index (χ2n) is 6.63. The van der Waals surface area contributed by atoms with Crippen LogP contribution < -0.4 is 4.74 Å². The highest BCUT2D eigenvalue weighted by Gasteiger charge is 2.28. The van der Waals surface area contributed by atoms with Gasteiger partial charge in [0.15, 0.2) is 0 Å². The van der Waals surface area contributed by atoms with Crippen LogP contribution in [0.2, 0.25) is 0 Å². The molecule has 5 heteroatoms. The number of nitrogens with zero attached hydrogens (tertiary/aromatic N) is 3. The van der Waals surface area contributed by atoms with Gasteiger partial charge in [0, 0.05) is 18.3 Å². The number of methoxy groups -OCH3 is 1. The van der Waals surface area contributed by atoms with Crippen LogP contribution in [0, 0.1) is 6.92 Å². The topological polar surface area (TPSA) is 51.4 Å². The van der Waals surface area contributed by atoms with E-state index in [-0.39, 0.29) is 0 Å². The second kappa shape index (κ2) is 7.30. The molecule has 0 N–H and O–H groups in total. The average Bonchev–Trinajstić information content (AvgIpc) is 3.30. The van der Waals surface area contributed by atoms with Crippen LogP contribution in [0.25, 0.3) is 11.5 Å². The molecular weight excluding hydrogens is 326 g/mol. The van der Waals surface area contributed by atoms with Gasteiger partial charge in [0.2, 0.25) is 5.89 Å². The number of likely N-dealkylation sites (tertiary alicyclic amines) is 1. The molecule has 0 spiro atoms. The molecule has 0 bridgehead atoms. The molecule has 0 amide bonds. The van der Waals surface area contributed by atoms with E-state index >= 15 is 0 Å². The van der Waals surface area contributed by atoms with Crippen molar-refractivity contribution in [1.29, 1.82) is 0 Å². The lowest BCUT2D eigenvalue weighted by Gasteiger charge is -2.23.